The number of carbonyl (C=O) groups excluding carboxylic acids is 1. The van der Waals surface area contributed by atoms with Crippen molar-refractivity contribution in [3.8, 4) is 17.2 Å². The summed E-state index contributed by atoms with van der Waals surface area (Å²) in [6.45, 7) is 1.92. The molecule has 0 heterocycles. The van der Waals surface area contributed by atoms with Gasteiger partial charge in [-0.2, -0.15) is 0 Å². The average molecular weight is 316 g/mol. The van der Waals surface area contributed by atoms with E-state index in [1.165, 1.54) is 6.92 Å². The van der Waals surface area contributed by atoms with Crippen LogP contribution in [0.1, 0.15) is 18.1 Å². The summed E-state index contributed by atoms with van der Waals surface area (Å²) in [5.74, 6) is 1.24. The molecular weight excluding hydrogens is 296 g/mol. The predicted octanol–water partition coefficient (Wildman–Crippen LogP) is 3.35. The molecule has 2 rings (SSSR count). The maximum atomic E-state index is 10.9. The highest BCUT2D eigenvalue weighted by Gasteiger charge is 2.15. The summed E-state index contributed by atoms with van der Waals surface area (Å²) in [5, 5.41) is 0. The van der Waals surface area contributed by atoms with Crippen molar-refractivity contribution >= 4 is 5.97 Å². The lowest BCUT2D eigenvalue weighted by Gasteiger charge is -2.16. The largest absolute Gasteiger partial charge is 0.493 e. The van der Waals surface area contributed by atoms with E-state index in [4.69, 9.17) is 18.9 Å². The number of esters is 1. The smallest absolute Gasteiger partial charge is 0.302 e. The Morgan fingerprint density at radius 3 is 2.04 bits per heavy atom. The third-order valence-electron chi connectivity index (χ3n) is 3.19. The highest BCUT2D eigenvalue weighted by Crippen LogP contribution is 2.39. The van der Waals surface area contributed by atoms with Crippen LogP contribution in [0.4, 0.5) is 0 Å². The lowest BCUT2D eigenvalue weighted by Crippen LogP contribution is -2.03. The second-order valence-corrected chi connectivity index (χ2v) is 4.88. The van der Waals surface area contributed by atoms with Gasteiger partial charge in [-0.25, -0.2) is 0 Å². The summed E-state index contributed by atoms with van der Waals surface area (Å²) in [6.07, 6.45) is 0. The molecule has 0 amide bonds. The molecule has 0 aliphatic carbocycles. The Balaban J connectivity index is 2.21. The number of carbonyl (C=O) groups is 1. The summed E-state index contributed by atoms with van der Waals surface area (Å²) in [6, 6.07) is 13.4. The quantitative estimate of drug-likeness (QED) is 0.733. The van der Waals surface area contributed by atoms with E-state index in [-0.39, 0.29) is 12.6 Å². The van der Waals surface area contributed by atoms with Crippen LogP contribution in [-0.4, -0.2) is 20.2 Å². The van der Waals surface area contributed by atoms with Crippen LogP contribution in [0.5, 0.6) is 17.2 Å². The molecule has 122 valence electrons. The lowest BCUT2D eigenvalue weighted by molar-refractivity contribution is -0.142. The first kappa shape index (κ1) is 16.7. The Morgan fingerprint density at radius 2 is 1.52 bits per heavy atom. The van der Waals surface area contributed by atoms with Crippen molar-refractivity contribution in [2.75, 3.05) is 14.2 Å². The summed E-state index contributed by atoms with van der Waals surface area (Å²) < 4.78 is 21.6. The van der Waals surface area contributed by atoms with Gasteiger partial charge in [-0.15, -0.1) is 0 Å². The fourth-order valence-electron chi connectivity index (χ4n) is 2.07. The zero-order chi connectivity index (χ0) is 16.7. The van der Waals surface area contributed by atoms with Gasteiger partial charge < -0.3 is 18.9 Å². The summed E-state index contributed by atoms with van der Waals surface area (Å²) >= 11 is 0. The maximum Gasteiger partial charge on any atom is 0.302 e. The molecule has 0 bridgehead atoms. The van der Waals surface area contributed by atoms with Crippen LogP contribution >= 0.6 is 0 Å². The SMILES string of the molecule is COc1cc(COC(C)=O)cc(OC)c1OCc1ccccc1. The third kappa shape index (κ3) is 4.64. The van der Waals surface area contributed by atoms with Gasteiger partial charge in [0, 0.05) is 6.92 Å². The Morgan fingerprint density at radius 1 is 0.913 bits per heavy atom. The second kappa shape index (κ2) is 8.08. The van der Waals surface area contributed by atoms with Crippen LogP contribution < -0.4 is 14.2 Å². The third-order valence-corrected chi connectivity index (χ3v) is 3.19. The van der Waals surface area contributed by atoms with E-state index in [1.54, 1.807) is 26.4 Å². The normalized spacial score (nSPS) is 10.0. The van der Waals surface area contributed by atoms with Gasteiger partial charge >= 0.3 is 5.97 Å². The van der Waals surface area contributed by atoms with Crippen molar-refractivity contribution in [2.45, 2.75) is 20.1 Å². The van der Waals surface area contributed by atoms with Crippen LogP contribution in [0, 0.1) is 0 Å². The van der Waals surface area contributed by atoms with Crippen LogP contribution in [-0.2, 0) is 22.7 Å². The Labute approximate surface area is 135 Å². The summed E-state index contributed by atoms with van der Waals surface area (Å²) in [7, 11) is 3.11. The molecule has 0 aromatic heterocycles. The van der Waals surface area contributed by atoms with Crippen molar-refractivity contribution < 1.29 is 23.7 Å². The van der Waals surface area contributed by atoms with Crippen molar-refractivity contribution in [1.29, 1.82) is 0 Å². The first-order chi connectivity index (χ1) is 11.1. The van der Waals surface area contributed by atoms with Gasteiger partial charge in [-0.05, 0) is 23.3 Å². The average Bonchev–Trinajstić information content (AvgIpc) is 2.58. The first-order valence-corrected chi connectivity index (χ1v) is 7.19. The maximum absolute atomic E-state index is 10.9. The number of methoxy groups -OCH3 is 2. The van der Waals surface area contributed by atoms with Crippen LogP contribution in [0.15, 0.2) is 42.5 Å². The van der Waals surface area contributed by atoms with Gasteiger partial charge in [0.15, 0.2) is 11.5 Å². The molecule has 5 nitrogen and oxygen atoms in total. The molecular formula is C18H20O5. The molecule has 0 atom stereocenters. The van der Waals surface area contributed by atoms with Gasteiger partial charge in [0.25, 0.3) is 0 Å². The van der Waals surface area contributed by atoms with Crippen molar-refractivity contribution in [1.82, 2.24) is 0 Å². The molecule has 0 aliphatic heterocycles. The number of hydrogen-bond acceptors (Lipinski definition) is 5. The molecule has 0 spiro atoms. The molecule has 0 fully saturated rings. The molecule has 23 heavy (non-hydrogen) atoms. The topological polar surface area (TPSA) is 54.0 Å². The molecule has 0 radical (unpaired) electrons. The zero-order valence-electron chi connectivity index (χ0n) is 13.5. The van der Waals surface area contributed by atoms with E-state index in [2.05, 4.69) is 0 Å². The van der Waals surface area contributed by atoms with E-state index >= 15 is 0 Å². The molecule has 0 N–H and O–H groups in total. The fourth-order valence-corrected chi connectivity index (χ4v) is 2.07. The van der Waals surface area contributed by atoms with Crippen LogP contribution in [0.2, 0.25) is 0 Å². The molecule has 2 aromatic carbocycles. The number of hydrogen-bond donors (Lipinski definition) is 0. The minimum absolute atomic E-state index is 0.154. The van der Waals surface area contributed by atoms with E-state index < -0.39 is 0 Å². The van der Waals surface area contributed by atoms with E-state index in [1.807, 2.05) is 30.3 Å². The van der Waals surface area contributed by atoms with Gasteiger partial charge in [0.1, 0.15) is 13.2 Å². The van der Waals surface area contributed by atoms with E-state index in [0.717, 1.165) is 11.1 Å². The standard InChI is InChI=1S/C18H20O5/c1-13(19)22-12-15-9-16(20-2)18(17(10-15)21-3)23-11-14-7-5-4-6-8-14/h4-10H,11-12H2,1-3H3. The Hall–Kier alpha value is -2.69. The highest BCUT2D eigenvalue weighted by molar-refractivity contribution is 5.66. The Bertz CT molecular complexity index is 627. The molecule has 0 unspecified atom stereocenters. The van der Waals surface area contributed by atoms with Crippen LogP contribution in [0.25, 0.3) is 0 Å². The fraction of sp³-hybridized carbons (Fsp3) is 0.278. The molecule has 2 aromatic rings. The van der Waals surface area contributed by atoms with Gasteiger partial charge in [-0.1, -0.05) is 30.3 Å². The van der Waals surface area contributed by atoms with Crippen LogP contribution in [0.3, 0.4) is 0 Å². The van der Waals surface area contributed by atoms with Gasteiger partial charge in [0.05, 0.1) is 14.2 Å². The zero-order valence-corrected chi connectivity index (χ0v) is 13.5. The van der Waals surface area contributed by atoms with E-state index in [9.17, 15) is 4.79 Å². The number of benzene rings is 2. The predicted molar refractivity (Wildman–Crippen MR) is 85.8 cm³/mol. The molecule has 0 aliphatic rings. The van der Waals surface area contributed by atoms with Gasteiger partial charge in [-0.3, -0.25) is 4.79 Å². The van der Waals surface area contributed by atoms with Crippen molar-refractivity contribution in [2.24, 2.45) is 0 Å². The molecule has 5 heteroatoms. The molecule has 0 saturated heterocycles. The van der Waals surface area contributed by atoms with Gasteiger partial charge in [0.2, 0.25) is 5.75 Å². The lowest BCUT2D eigenvalue weighted by atomic mass is 10.2. The first-order valence-electron chi connectivity index (χ1n) is 7.19. The second-order valence-electron chi connectivity index (χ2n) is 4.88. The van der Waals surface area contributed by atoms with Crippen molar-refractivity contribution in [3.63, 3.8) is 0 Å². The number of ether oxygens (including phenoxy) is 4. The van der Waals surface area contributed by atoms with Crippen molar-refractivity contribution in [3.05, 3.63) is 53.6 Å². The monoisotopic (exact) mass is 316 g/mol. The highest BCUT2D eigenvalue weighted by atomic mass is 16.5. The number of rotatable bonds is 7. The van der Waals surface area contributed by atoms with E-state index in [0.29, 0.717) is 23.9 Å². The molecule has 0 saturated carbocycles. The minimum Gasteiger partial charge on any atom is -0.493 e. The minimum atomic E-state index is -0.340. The summed E-state index contributed by atoms with van der Waals surface area (Å²) in [5.41, 5.74) is 1.81. The summed E-state index contributed by atoms with van der Waals surface area (Å²) in [4.78, 5) is 10.9. The Kier molecular flexibility index (Phi) is 5.86.